The van der Waals surface area contributed by atoms with E-state index < -0.39 is 0 Å². The number of carbonyl (C=O) groups is 2. The van der Waals surface area contributed by atoms with Crippen LogP contribution in [-0.4, -0.2) is 29.9 Å². The molecule has 27 heavy (non-hydrogen) atoms. The predicted molar refractivity (Wildman–Crippen MR) is 108 cm³/mol. The molecule has 3 rings (SSSR count). The number of nitrogens with one attached hydrogen (secondary N) is 2. The van der Waals surface area contributed by atoms with Gasteiger partial charge in [0.1, 0.15) is 5.75 Å². The third kappa shape index (κ3) is 4.62. The zero-order valence-corrected chi connectivity index (χ0v) is 16.1. The van der Waals surface area contributed by atoms with E-state index >= 15 is 0 Å². The third-order valence-electron chi connectivity index (χ3n) is 3.95. The fourth-order valence-corrected chi connectivity index (χ4v) is 3.54. The maximum Gasteiger partial charge on any atom is 0.255 e. The number of benzene rings is 2. The summed E-state index contributed by atoms with van der Waals surface area (Å²) in [6, 6.07) is 13.0. The molecule has 3 aromatic rings. The first kappa shape index (κ1) is 18.8. The van der Waals surface area contributed by atoms with Gasteiger partial charge in [-0.1, -0.05) is 36.5 Å². The minimum absolute atomic E-state index is 0.143. The summed E-state index contributed by atoms with van der Waals surface area (Å²) in [4.78, 5) is 28.9. The minimum atomic E-state index is -0.355. The first-order chi connectivity index (χ1) is 13.1. The smallest absolute Gasteiger partial charge is 0.255 e. The van der Waals surface area contributed by atoms with Gasteiger partial charge in [0.05, 0.1) is 28.9 Å². The van der Waals surface area contributed by atoms with Crippen LogP contribution in [0.25, 0.3) is 10.2 Å². The molecule has 1 heterocycles. The molecule has 7 heteroatoms. The Balaban J connectivity index is 1.60. The molecule has 0 spiro atoms. The van der Waals surface area contributed by atoms with Gasteiger partial charge in [-0.15, -0.1) is 0 Å². The normalized spacial score (nSPS) is 10.6. The number of rotatable bonds is 7. The Morgan fingerprint density at radius 1 is 1.15 bits per heavy atom. The van der Waals surface area contributed by atoms with Crippen molar-refractivity contribution in [1.82, 2.24) is 10.3 Å². The summed E-state index contributed by atoms with van der Waals surface area (Å²) in [5, 5.41) is 5.87. The van der Waals surface area contributed by atoms with Crippen LogP contribution in [0.2, 0.25) is 0 Å². The van der Waals surface area contributed by atoms with Crippen LogP contribution in [-0.2, 0) is 11.2 Å². The lowest BCUT2D eigenvalue weighted by atomic mass is 10.2. The second-order valence-electron chi connectivity index (χ2n) is 5.83. The van der Waals surface area contributed by atoms with E-state index in [0.717, 1.165) is 16.6 Å². The number of nitrogens with zero attached hydrogens (tertiary/aromatic N) is 1. The highest BCUT2D eigenvalue weighted by molar-refractivity contribution is 7.22. The van der Waals surface area contributed by atoms with Gasteiger partial charge in [-0.05, 0) is 43.2 Å². The van der Waals surface area contributed by atoms with E-state index in [-0.39, 0.29) is 18.4 Å². The first-order valence-electron chi connectivity index (χ1n) is 8.80. The second kappa shape index (κ2) is 8.64. The van der Waals surface area contributed by atoms with Crippen molar-refractivity contribution < 1.29 is 14.3 Å². The van der Waals surface area contributed by atoms with Crippen molar-refractivity contribution in [2.75, 3.05) is 18.5 Å². The van der Waals surface area contributed by atoms with E-state index in [1.54, 1.807) is 24.3 Å². The third-order valence-corrected chi connectivity index (χ3v) is 4.88. The number of thiazole rings is 1. The lowest BCUT2D eigenvalue weighted by molar-refractivity contribution is -0.115. The molecular formula is C20H21N3O3S. The topological polar surface area (TPSA) is 80.3 Å². The van der Waals surface area contributed by atoms with Crippen molar-refractivity contribution in [3.63, 3.8) is 0 Å². The molecular weight excluding hydrogens is 362 g/mol. The average molecular weight is 383 g/mol. The van der Waals surface area contributed by atoms with Crippen LogP contribution >= 0.6 is 11.3 Å². The maximum atomic E-state index is 12.3. The number of amides is 2. The molecule has 2 amide bonds. The molecule has 0 saturated heterocycles. The van der Waals surface area contributed by atoms with Crippen molar-refractivity contribution in [3.05, 3.63) is 53.6 Å². The summed E-state index contributed by atoms with van der Waals surface area (Å²) in [5.41, 5.74) is 2.48. The highest BCUT2D eigenvalue weighted by Gasteiger charge is 2.14. The molecule has 2 N–H and O–H groups in total. The molecule has 0 bridgehead atoms. The minimum Gasteiger partial charge on any atom is -0.493 e. The van der Waals surface area contributed by atoms with Gasteiger partial charge >= 0.3 is 0 Å². The quantitative estimate of drug-likeness (QED) is 0.653. The average Bonchev–Trinajstić information content (AvgIpc) is 3.08. The van der Waals surface area contributed by atoms with Crippen LogP contribution in [0, 0.1) is 0 Å². The van der Waals surface area contributed by atoms with E-state index in [4.69, 9.17) is 4.74 Å². The van der Waals surface area contributed by atoms with Gasteiger partial charge in [0, 0.05) is 0 Å². The van der Waals surface area contributed by atoms with E-state index in [0.29, 0.717) is 23.1 Å². The van der Waals surface area contributed by atoms with Gasteiger partial charge in [-0.25, -0.2) is 4.98 Å². The monoisotopic (exact) mass is 383 g/mol. The fraction of sp³-hybridized carbons (Fsp3) is 0.250. The number of anilines is 1. The van der Waals surface area contributed by atoms with Gasteiger partial charge in [-0.3, -0.25) is 9.59 Å². The molecule has 1 aromatic heterocycles. The molecule has 0 aliphatic rings. The first-order valence-corrected chi connectivity index (χ1v) is 9.61. The summed E-state index contributed by atoms with van der Waals surface area (Å²) < 4.78 is 6.47. The summed E-state index contributed by atoms with van der Waals surface area (Å²) in [6.07, 6.45) is 0.949. The Morgan fingerprint density at radius 3 is 2.74 bits per heavy atom. The van der Waals surface area contributed by atoms with Crippen LogP contribution in [0.5, 0.6) is 5.75 Å². The molecule has 0 aliphatic carbocycles. The Hall–Kier alpha value is -2.93. The van der Waals surface area contributed by atoms with Crippen molar-refractivity contribution in [1.29, 1.82) is 0 Å². The number of carbonyl (C=O) groups excluding carboxylic acids is 2. The number of hydrogen-bond acceptors (Lipinski definition) is 5. The highest BCUT2D eigenvalue weighted by Crippen LogP contribution is 2.27. The van der Waals surface area contributed by atoms with Crippen molar-refractivity contribution in [3.8, 4) is 5.75 Å². The number of hydrogen-bond donors (Lipinski definition) is 2. The van der Waals surface area contributed by atoms with Crippen molar-refractivity contribution >= 4 is 38.5 Å². The number of aryl methyl sites for hydroxylation is 1. The number of aromatic nitrogens is 1. The largest absolute Gasteiger partial charge is 0.493 e. The second-order valence-corrected chi connectivity index (χ2v) is 6.87. The molecule has 0 aliphatic heterocycles. The number of para-hydroxylation sites is 1. The predicted octanol–water partition coefficient (Wildman–Crippen LogP) is 3.63. The summed E-state index contributed by atoms with van der Waals surface area (Å²) in [7, 11) is 0. The van der Waals surface area contributed by atoms with Crippen LogP contribution in [0.3, 0.4) is 0 Å². The van der Waals surface area contributed by atoms with Gasteiger partial charge in [0.15, 0.2) is 5.13 Å². The molecule has 0 saturated carbocycles. The SMILES string of the molecule is CCOc1ccccc1C(=O)NCC(=O)Nc1nc2ccc(CC)cc2s1. The molecule has 0 radical (unpaired) electrons. The van der Waals surface area contributed by atoms with E-state index in [9.17, 15) is 9.59 Å². The Bertz CT molecular complexity index is 968. The van der Waals surface area contributed by atoms with Crippen LogP contribution in [0.4, 0.5) is 5.13 Å². The van der Waals surface area contributed by atoms with E-state index in [2.05, 4.69) is 28.6 Å². The van der Waals surface area contributed by atoms with Gasteiger partial charge in [0.25, 0.3) is 5.91 Å². The standard InChI is InChI=1S/C20H21N3O3S/c1-3-13-9-10-15-17(11-13)27-20(22-15)23-18(24)12-21-19(25)14-7-5-6-8-16(14)26-4-2/h5-11H,3-4,12H2,1-2H3,(H,21,25)(H,22,23,24). The van der Waals surface area contributed by atoms with Crippen molar-refractivity contribution in [2.24, 2.45) is 0 Å². The Morgan fingerprint density at radius 2 is 1.96 bits per heavy atom. The molecule has 6 nitrogen and oxygen atoms in total. The lowest BCUT2D eigenvalue weighted by Crippen LogP contribution is -2.33. The Labute approximate surface area is 161 Å². The summed E-state index contributed by atoms with van der Waals surface area (Å²) in [6.45, 7) is 4.26. The van der Waals surface area contributed by atoms with Gasteiger partial charge in [0.2, 0.25) is 5.91 Å². The summed E-state index contributed by atoms with van der Waals surface area (Å²) in [5.74, 6) is -0.186. The van der Waals surface area contributed by atoms with Crippen LogP contribution < -0.4 is 15.4 Å². The molecule has 0 unspecified atom stereocenters. The number of ether oxygens (including phenoxy) is 1. The fourth-order valence-electron chi connectivity index (χ4n) is 2.60. The van der Waals surface area contributed by atoms with Gasteiger partial charge in [-0.2, -0.15) is 0 Å². The van der Waals surface area contributed by atoms with Crippen LogP contribution in [0.1, 0.15) is 29.8 Å². The lowest BCUT2D eigenvalue weighted by Gasteiger charge is -2.10. The zero-order valence-electron chi connectivity index (χ0n) is 15.2. The van der Waals surface area contributed by atoms with E-state index in [1.165, 1.54) is 16.9 Å². The Kier molecular flexibility index (Phi) is 6.03. The molecule has 140 valence electrons. The van der Waals surface area contributed by atoms with Crippen molar-refractivity contribution in [2.45, 2.75) is 20.3 Å². The highest BCUT2D eigenvalue weighted by atomic mass is 32.1. The molecule has 0 atom stereocenters. The zero-order chi connectivity index (χ0) is 19.2. The van der Waals surface area contributed by atoms with E-state index in [1.807, 2.05) is 19.1 Å². The van der Waals surface area contributed by atoms with Crippen LogP contribution in [0.15, 0.2) is 42.5 Å². The summed E-state index contributed by atoms with van der Waals surface area (Å²) >= 11 is 1.42. The van der Waals surface area contributed by atoms with Gasteiger partial charge < -0.3 is 15.4 Å². The maximum absolute atomic E-state index is 12.3. The molecule has 2 aromatic carbocycles. The number of fused-ring (bicyclic) bond motifs is 1. The molecule has 0 fully saturated rings.